The van der Waals surface area contributed by atoms with Gasteiger partial charge in [-0.05, 0) is 37.1 Å². The summed E-state index contributed by atoms with van der Waals surface area (Å²) in [6, 6.07) is 12.9. The maximum Gasteiger partial charge on any atom is 0.406 e. The Kier molecular flexibility index (Phi) is 5.38. The summed E-state index contributed by atoms with van der Waals surface area (Å²) in [6.07, 6.45) is 3.82. The lowest BCUT2D eigenvalue weighted by Gasteiger charge is -2.11. The number of ether oxygens (including phenoxy) is 1. The van der Waals surface area contributed by atoms with E-state index in [1.54, 1.807) is 0 Å². The second kappa shape index (κ2) is 8.26. The Morgan fingerprint density at radius 3 is 2.86 bits per heavy atom. The van der Waals surface area contributed by atoms with Crippen molar-refractivity contribution in [3.05, 3.63) is 48.2 Å². The standard InChI is InChI=1S/C20H24N6O2/c1-28-20(27)23-12-11-22-18-8-9-19-24-13-17(26(19)25-18)15-6-4-14(5-7-15)16-3-2-10-21-16/h4-9,13,16,21H,2-3,10-12H2,1H3,(H,22,25)(H,23,27). The van der Waals surface area contributed by atoms with E-state index in [4.69, 9.17) is 0 Å². The summed E-state index contributed by atoms with van der Waals surface area (Å²) >= 11 is 0. The number of fused-ring (bicyclic) bond motifs is 1. The van der Waals surface area contributed by atoms with Gasteiger partial charge in [0.1, 0.15) is 5.82 Å². The Bertz CT molecular complexity index is 947. The van der Waals surface area contributed by atoms with Gasteiger partial charge in [-0.25, -0.2) is 14.3 Å². The van der Waals surface area contributed by atoms with E-state index in [0.717, 1.165) is 23.4 Å². The van der Waals surface area contributed by atoms with E-state index >= 15 is 0 Å². The SMILES string of the molecule is COC(=O)NCCNc1ccc2ncc(-c3ccc(C4CCCN4)cc3)n2n1. The number of nitrogens with one attached hydrogen (secondary N) is 3. The molecule has 1 aromatic carbocycles. The number of imidazole rings is 1. The number of hydrogen-bond acceptors (Lipinski definition) is 6. The molecule has 1 fully saturated rings. The van der Waals surface area contributed by atoms with Crippen LogP contribution in [0, 0.1) is 0 Å². The highest BCUT2D eigenvalue weighted by atomic mass is 16.5. The van der Waals surface area contributed by atoms with Crippen molar-refractivity contribution >= 4 is 17.6 Å². The van der Waals surface area contributed by atoms with E-state index in [0.29, 0.717) is 24.9 Å². The van der Waals surface area contributed by atoms with Crippen LogP contribution in [0.3, 0.4) is 0 Å². The van der Waals surface area contributed by atoms with Crippen molar-refractivity contribution in [3.8, 4) is 11.3 Å². The minimum atomic E-state index is -0.446. The van der Waals surface area contributed by atoms with Crippen LogP contribution in [-0.2, 0) is 4.74 Å². The van der Waals surface area contributed by atoms with Crippen LogP contribution in [0.1, 0.15) is 24.4 Å². The fourth-order valence-corrected chi connectivity index (χ4v) is 3.45. The van der Waals surface area contributed by atoms with E-state index in [1.807, 2.05) is 22.8 Å². The highest BCUT2D eigenvalue weighted by molar-refractivity contribution is 5.67. The molecule has 1 saturated heterocycles. The van der Waals surface area contributed by atoms with Crippen molar-refractivity contribution < 1.29 is 9.53 Å². The largest absolute Gasteiger partial charge is 0.453 e. The normalized spacial score (nSPS) is 16.2. The van der Waals surface area contributed by atoms with Gasteiger partial charge in [0.05, 0.1) is 19.0 Å². The zero-order chi connectivity index (χ0) is 19.3. The Hall–Kier alpha value is -3.13. The number of anilines is 1. The van der Waals surface area contributed by atoms with Crippen LogP contribution < -0.4 is 16.0 Å². The van der Waals surface area contributed by atoms with Crippen LogP contribution in [0.2, 0.25) is 0 Å². The molecule has 8 nitrogen and oxygen atoms in total. The number of benzene rings is 1. The fraction of sp³-hybridized carbons (Fsp3) is 0.350. The van der Waals surface area contributed by atoms with E-state index in [9.17, 15) is 4.79 Å². The van der Waals surface area contributed by atoms with Crippen LogP contribution in [0.25, 0.3) is 16.9 Å². The summed E-state index contributed by atoms with van der Waals surface area (Å²) in [7, 11) is 1.34. The minimum Gasteiger partial charge on any atom is -0.453 e. The van der Waals surface area contributed by atoms with Gasteiger partial charge >= 0.3 is 6.09 Å². The number of alkyl carbamates (subject to hydrolysis) is 1. The summed E-state index contributed by atoms with van der Waals surface area (Å²) in [5.74, 6) is 0.713. The lowest BCUT2D eigenvalue weighted by atomic mass is 10.0. The van der Waals surface area contributed by atoms with E-state index < -0.39 is 6.09 Å². The first kappa shape index (κ1) is 18.2. The molecule has 0 bridgehead atoms. The number of amides is 1. The predicted molar refractivity (Wildman–Crippen MR) is 107 cm³/mol. The molecule has 3 N–H and O–H groups in total. The highest BCUT2D eigenvalue weighted by Gasteiger charge is 2.16. The number of methoxy groups -OCH3 is 1. The van der Waals surface area contributed by atoms with Crippen LogP contribution in [0.4, 0.5) is 10.6 Å². The Morgan fingerprint density at radius 2 is 2.11 bits per heavy atom. The number of carbonyl (C=O) groups is 1. The predicted octanol–water partition coefficient (Wildman–Crippen LogP) is 2.59. The van der Waals surface area contributed by atoms with Crippen LogP contribution >= 0.6 is 0 Å². The van der Waals surface area contributed by atoms with Crippen LogP contribution in [0.5, 0.6) is 0 Å². The molecule has 3 aromatic rings. The summed E-state index contributed by atoms with van der Waals surface area (Å²) in [5, 5.41) is 14.0. The topological polar surface area (TPSA) is 92.6 Å². The van der Waals surface area contributed by atoms with E-state index in [-0.39, 0.29) is 0 Å². The lowest BCUT2D eigenvalue weighted by molar-refractivity contribution is 0.171. The third kappa shape index (κ3) is 3.91. The minimum absolute atomic E-state index is 0.444. The lowest BCUT2D eigenvalue weighted by Crippen LogP contribution is -2.28. The Balaban J connectivity index is 1.49. The molecule has 0 spiro atoms. The second-order valence-electron chi connectivity index (χ2n) is 6.75. The molecule has 1 atom stereocenters. The molecule has 0 saturated carbocycles. The Morgan fingerprint density at radius 1 is 1.25 bits per heavy atom. The van der Waals surface area contributed by atoms with Gasteiger partial charge in [-0.1, -0.05) is 24.3 Å². The number of rotatable bonds is 6. The number of hydrogen-bond donors (Lipinski definition) is 3. The second-order valence-corrected chi connectivity index (χ2v) is 6.75. The van der Waals surface area contributed by atoms with Gasteiger partial charge in [-0.2, -0.15) is 0 Å². The van der Waals surface area contributed by atoms with Crippen molar-refractivity contribution in [1.29, 1.82) is 0 Å². The van der Waals surface area contributed by atoms with Crippen LogP contribution in [-0.4, -0.2) is 47.4 Å². The van der Waals surface area contributed by atoms with Crippen molar-refractivity contribution in [2.24, 2.45) is 0 Å². The molecule has 1 unspecified atom stereocenters. The smallest absolute Gasteiger partial charge is 0.406 e. The first-order chi connectivity index (χ1) is 13.7. The van der Waals surface area contributed by atoms with Crippen molar-refractivity contribution in [3.63, 3.8) is 0 Å². The number of nitrogens with zero attached hydrogens (tertiary/aromatic N) is 3. The van der Waals surface area contributed by atoms with E-state index in [2.05, 4.69) is 55.0 Å². The quantitative estimate of drug-likeness (QED) is 0.569. The maximum absolute atomic E-state index is 11.1. The van der Waals surface area contributed by atoms with Gasteiger partial charge in [-0.15, -0.1) is 5.10 Å². The molecule has 8 heteroatoms. The summed E-state index contributed by atoms with van der Waals surface area (Å²) in [4.78, 5) is 15.5. The molecule has 3 heterocycles. The summed E-state index contributed by atoms with van der Waals surface area (Å²) in [5.41, 5.74) is 4.13. The third-order valence-electron chi connectivity index (χ3n) is 4.92. The number of carbonyl (C=O) groups excluding carboxylic acids is 1. The van der Waals surface area contributed by atoms with Gasteiger partial charge < -0.3 is 20.7 Å². The molecule has 146 valence electrons. The molecule has 1 aliphatic heterocycles. The van der Waals surface area contributed by atoms with Gasteiger partial charge in [0.2, 0.25) is 0 Å². The number of aromatic nitrogens is 3. The maximum atomic E-state index is 11.1. The molecule has 0 aliphatic carbocycles. The van der Waals surface area contributed by atoms with E-state index in [1.165, 1.54) is 25.5 Å². The first-order valence-electron chi connectivity index (χ1n) is 9.49. The van der Waals surface area contributed by atoms with Crippen molar-refractivity contribution in [2.45, 2.75) is 18.9 Å². The summed E-state index contributed by atoms with van der Waals surface area (Å²) in [6.45, 7) is 2.08. The molecular weight excluding hydrogens is 356 g/mol. The van der Waals surface area contributed by atoms with Crippen molar-refractivity contribution in [1.82, 2.24) is 25.2 Å². The zero-order valence-electron chi connectivity index (χ0n) is 15.8. The molecule has 28 heavy (non-hydrogen) atoms. The molecular formula is C20H24N6O2. The average molecular weight is 380 g/mol. The fourth-order valence-electron chi connectivity index (χ4n) is 3.45. The van der Waals surface area contributed by atoms with Gasteiger partial charge in [0.15, 0.2) is 5.65 Å². The first-order valence-corrected chi connectivity index (χ1v) is 9.49. The monoisotopic (exact) mass is 380 g/mol. The third-order valence-corrected chi connectivity index (χ3v) is 4.92. The molecule has 2 aromatic heterocycles. The summed E-state index contributed by atoms with van der Waals surface area (Å²) < 4.78 is 6.38. The molecule has 4 rings (SSSR count). The van der Waals surface area contributed by atoms with Crippen molar-refractivity contribution in [2.75, 3.05) is 32.1 Å². The Labute approximate surface area is 163 Å². The highest BCUT2D eigenvalue weighted by Crippen LogP contribution is 2.26. The average Bonchev–Trinajstić information content (AvgIpc) is 3.41. The van der Waals surface area contributed by atoms with Gasteiger partial charge in [0, 0.05) is 24.7 Å². The zero-order valence-corrected chi connectivity index (χ0v) is 15.8. The van der Waals surface area contributed by atoms with Gasteiger partial charge in [-0.3, -0.25) is 0 Å². The molecule has 0 radical (unpaired) electrons. The molecule has 1 amide bonds. The van der Waals surface area contributed by atoms with Gasteiger partial charge in [0.25, 0.3) is 0 Å². The molecule has 1 aliphatic rings. The van der Waals surface area contributed by atoms with Crippen LogP contribution in [0.15, 0.2) is 42.6 Å².